The molecule has 5 heteroatoms. The van der Waals surface area contributed by atoms with Crippen LogP contribution in [0.5, 0.6) is 0 Å². The normalized spacial score (nSPS) is 15.9. The maximum atomic E-state index is 11.4. The molecule has 4 N–H and O–H groups in total. The van der Waals surface area contributed by atoms with Gasteiger partial charge in [0.05, 0.1) is 17.8 Å². The first-order chi connectivity index (χ1) is 9.70. The zero-order chi connectivity index (χ0) is 16.3. The quantitative estimate of drug-likeness (QED) is 0.378. The van der Waals surface area contributed by atoms with Crippen LogP contribution in [0, 0.1) is 0 Å². The second kappa shape index (κ2) is 10.3. The molecule has 0 aliphatic rings. The number of rotatable bonds is 9. The van der Waals surface area contributed by atoms with E-state index in [0.717, 1.165) is 0 Å². The van der Waals surface area contributed by atoms with Crippen molar-refractivity contribution in [1.82, 2.24) is 5.32 Å². The molecule has 0 saturated carbocycles. The third-order valence-electron chi connectivity index (χ3n) is 2.43. The summed E-state index contributed by atoms with van der Waals surface area (Å²) in [4.78, 5) is 11.4. The fraction of sp³-hybridized carbons (Fsp3) is 0.562. The van der Waals surface area contributed by atoms with Gasteiger partial charge in [-0.2, -0.15) is 0 Å². The zero-order valence-electron chi connectivity index (χ0n) is 13.0. The van der Waals surface area contributed by atoms with Crippen molar-refractivity contribution in [2.75, 3.05) is 6.54 Å². The molecule has 0 spiro atoms. The fourth-order valence-electron chi connectivity index (χ4n) is 1.33. The Morgan fingerprint density at radius 3 is 2.43 bits per heavy atom. The minimum atomic E-state index is -0.927. The van der Waals surface area contributed by atoms with E-state index in [1.807, 2.05) is 0 Å². The summed E-state index contributed by atoms with van der Waals surface area (Å²) >= 11 is 0. The summed E-state index contributed by atoms with van der Waals surface area (Å²) in [6, 6.07) is 0. The van der Waals surface area contributed by atoms with Crippen molar-refractivity contribution >= 4 is 5.91 Å². The standard InChI is InChI=1S/C16H27NO4/c1-13(18)8-4-5-9-14(19)10-6-7-11-15(20)17-12-16(2,3)21/h4-5,7-9,11,13-14,18-19,21H,6,10,12H2,1-3H3,(H,17,20)/b8-4+,9-5+,11-7+/t13-,14+/m0/s1. The number of carbonyl (C=O) groups is 1. The van der Waals surface area contributed by atoms with Crippen molar-refractivity contribution in [3.63, 3.8) is 0 Å². The minimum Gasteiger partial charge on any atom is -0.389 e. The van der Waals surface area contributed by atoms with Gasteiger partial charge < -0.3 is 20.6 Å². The molecule has 21 heavy (non-hydrogen) atoms. The van der Waals surface area contributed by atoms with E-state index >= 15 is 0 Å². The summed E-state index contributed by atoms with van der Waals surface area (Å²) < 4.78 is 0. The first-order valence-electron chi connectivity index (χ1n) is 7.08. The van der Waals surface area contributed by atoms with Crippen molar-refractivity contribution < 1.29 is 20.1 Å². The van der Waals surface area contributed by atoms with Crippen LogP contribution in [0.15, 0.2) is 36.5 Å². The molecule has 0 rings (SSSR count). The van der Waals surface area contributed by atoms with Crippen LogP contribution in [-0.4, -0.2) is 45.6 Å². The van der Waals surface area contributed by atoms with Crippen molar-refractivity contribution in [1.29, 1.82) is 0 Å². The highest BCUT2D eigenvalue weighted by Crippen LogP contribution is 2.01. The first-order valence-corrected chi connectivity index (χ1v) is 7.08. The molecule has 0 fully saturated rings. The smallest absolute Gasteiger partial charge is 0.243 e. The van der Waals surface area contributed by atoms with E-state index in [4.69, 9.17) is 5.11 Å². The van der Waals surface area contributed by atoms with E-state index in [0.29, 0.717) is 12.8 Å². The number of nitrogens with one attached hydrogen (secondary N) is 1. The van der Waals surface area contributed by atoms with Crippen molar-refractivity contribution in [3.05, 3.63) is 36.5 Å². The van der Waals surface area contributed by atoms with E-state index in [9.17, 15) is 15.0 Å². The number of hydrogen-bond acceptors (Lipinski definition) is 4. The largest absolute Gasteiger partial charge is 0.389 e. The number of allylic oxidation sites excluding steroid dienone is 3. The van der Waals surface area contributed by atoms with E-state index in [1.165, 1.54) is 6.08 Å². The van der Waals surface area contributed by atoms with Crippen LogP contribution in [0.1, 0.15) is 33.6 Å². The zero-order valence-corrected chi connectivity index (χ0v) is 13.0. The SMILES string of the molecule is C[C@H](O)/C=C/C=C/[C@@H](O)CC/C=C/C(=O)NCC(C)(C)O. The van der Waals surface area contributed by atoms with E-state index in [2.05, 4.69) is 5.32 Å². The monoisotopic (exact) mass is 297 g/mol. The molecular weight excluding hydrogens is 270 g/mol. The Morgan fingerprint density at radius 1 is 1.24 bits per heavy atom. The van der Waals surface area contributed by atoms with Gasteiger partial charge in [-0.25, -0.2) is 0 Å². The van der Waals surface area contributed by atoms with Crippen LogP contribution in [0.4, 0.5) is 0 Å². The molecule has 0 aromatic carbocycles. The highest BCUT2D eigenvalue weighted by Gasteiger charge is 2.12. The van der Waals surface area contributed by atoms with Gasteiger partial charge in [-0.3, -0.25) is 4.79 Å². The summed E-state index contributed by atoms with van der Waals surface area (Å²) in [5.41, 5.74) is -0.927. The average molecular weight is 297 g/mol. The van der Waals surface area contributed by atoms with Gasteiger partial charge in [0.15, 0.2) is 0 Å². The highest BCUT2D eigenvalue weighted by atomic mass is 16.3. The Bertz CT molecular complexity index is 378. The van der Waals surface area contributed by atoms with Gasteiger partial charge in [0.2, 0.25) is 5.91 Å². The molecule has 5 nitrogen and oxygen atoms in total. The third-order valence-corrected chi connectivity index (χ3v) is 2.43. The average Bonchev–Trinajstić information content (AvgIpc) is 2.36. The molecule has 0 aromatic rings. The second-order valence-electron chi connectivity index (χ2n) is 5.59. The van der Waals surface area contributed by atoms with Gasteiger partial charge >= 0.3 is 0 Å². The number of aliphatic hydroxyl groups is 3. The summed E-state index contributed by atoms with van der Waals surface area (Å²) in [5.74, 6) is -0.262. The topological polar surface area (TPSA) is 89.8 Å². The second-order valence-corrected chi connectivity index (χ2v) is 5.59. The van der Waals surface area contributed by atoms with Crippen LogP contribution >= 0.6 is 0 Å². The lowest BCUT2D eigenvalue weighted by Gasteiger charge is -2.16. The Hall–Kier alpha value is -1.43. The van der Waals surface area contributed by atoms with Crippen molar-refractivity contribution in [2.24, 2.45) is 0 Å². The number of carbonyl (C=O) groups excluding carboxylic acids is 1. The molecule has 0 aromatic heterocycles. The molecule has 0 heterocycles. The third kappa shape index (κ3) is 14.8. The molecule has 0 aliphatic carbocycles. The fourth-order valence-corrected chi connectivity index (χ4v) is 1.33. The summed E-state index contributed by atoms with van der Waals surface area (Å²) in [6.45, 7) is 5.07. The summed E-state index contributed by atoms with van der Waals surface area (Å²) in [7, 11) is 0. The maximum absolute atomic E-state index is 11.4. The number of hydrogen-bond donors (Lipinski definition) is 4. The molecule has 0 radical (unpaired) electrons. The van der Waals surface area contributed by atoms with Crippen molar-refractivity contribution in [3.8, 4) is 0 Å². The Kier molecular flexibility index (Phi) is 9.62. The molecular formula is C16H27NO4. The molecule has 1 amide bonds. The van der Waals surface area contributed by atoms with Gasteiger partial charge in [-0.1, -0.05) is 30.4 Å². The van der Waals surface area contributed by atoms with E-state index in [1.54, 1.807) is 51.2 Å². The van der Waals surface area contributed by atoms with E-state index < -0.39 is 17.8 Å². The number of amides is 1. The number of aliphatic hydroxyl groups excluding tert-OH is 2. The lowest BCUT2D eigenvalue weighted by molar-refractivity contribution is -0.117. The molecule has 2 atom stereocenters. The van der Waals surface area contributed by atoms with Crippen LogP contribution in [0.25, 0.3) is 0 Å². The molecule has 0 saturated heterocycles. The summed E-state index contributed by atoms with van der Waals surface area (Å²) in [6.07, 6.45) is 9.65. The lowest BCUT2D eigenvalue weighted by Crippen LogP contribution is -2.37. The lowest BCUT2D eigenvalue weighted by atomic mass is 10.1. The van der Waals surface area contributed by atoms with Crippen LogP contribution in [-0.2, 0) is 4.79 Å². The Labute approximate surface area is 126 Å². The summed E-state index contributed by atoms with van der Waals surface area (Å²) in [5, 5.41) is 30.7. The highest BCUT2D eigenvalue weighted by molar-refractivity contribution is 5.87. The van der Waals surface area contributed by atoms with Crippen LogP contribution in [0.3, 0.4) is 0 Å². The molecule has 0 bridgehead atoms. The molecule has 0 unspecified atom stereocenters. The van der Waals surface area contributed by atoms with Crippen LogP contribution in [0.2, 0.25) is 0 Å². The predicted octanol–water partition coefficient (Wildman–Crippen LogP) is 1.06. The minimum absolute atomic E-state index is 0.192. The molecule has 0 aliphatic heterocycles. The van der Waals surface area contributed by atoms with E-state index in [-0.39, 0.29) is 12.5 Å². The van der Waals surface area contributed by atoms with Gasteiger partial charge in [-0.05, 0) is 39.7 Å². The van der Waals surface area contributed by atoms with Gasteiger partial charge in [0, 0.05) is 6.54 Å². The Morgan fingerprint density at radius 2 is 1.86 bits per heavy atom. The van der Waals surface area contributed by atoms with Gasteiger partial charge in [-0.15, -0.1) is 0 Å². The predicted molar refractivity (Wildman–Crippen MR) is 83.6 cm³/mol. The first kappa shape index (κ1) is 19.6. The maximum Gasteiger partial charge on any atom is 0.243 e. The van der Waals surface area contributed by atoms with Gasteiger partial charge in [0.1, 0.15) is 0 Å². The Balaban J connectivity index is 3.87. The van der Waals surface area contributed by atoms with Crippen LogP contribution < -0.4 is 5.32 Å². The molecule has 120 valence electrons. The van der Waals surface area contributed by atoms with Gasteiger partial charge in [0.25, 0.3) is 0 Å². The van der Waals surface area contributed by atoms with Crippen molar-refractivity contribution in [2.45, 2.75) is 51.4 Å².